The molecule has 0 saturated heterocycles. The van der Waals surface area contributed by atoms with Crippen LogP contribution in [0.5, 0.6) is 5.75 Å². The van der Waals surface area contributed by atoms with Crippen molar-refractivity contribution in [2.24, 2.45) is 0 Å². The van der Waals surface area contributed by atoms with E-state index in [1.54, 1.807) is 31.2 Å². The summed E-state index contributed by atoms with van der Waals surface area (Å²) in [7, 11) is -3.66. The van der Waals surface area contributed by atoms with Gasteiger partial charge in [-0.15, -0.1) is 0 Å². The van der Waals surface area contributed by atoms with E-state index in [2.05, 4.69) is 5.32 Å². The van der Waals surface area contributed by atoms with E-state index in [0.717, 1.165) is 21.7 Å². The second kappa shape index (κ2) is 9.10. The molecule has 0 heterocycles. The lowest BCUT2D eigenvalue weighted by molar-refractivity contribution is -0.122. The number of carbonyl (C=O) groups excluding carboxylic acids is 1. The predicted octanol–water partition coefficient (Wildman–Crippen LogP) is 3.43. The summed E-state index contributed by atoms with van der Waals surface area (Å²) in [6.45, 7) is 7.84. The van der Waals surface area contributed by atoms with Crippen LogP contribution < -0.4 is 14.4 Å². The number of nitrogens with zero attached hydrogens (tertiary/aromatic N) is 1. The van der Waals surface area contributed by atoms with E-state index in [9.17, 15) is 13.2 Å². The summed E-state index contributed by atoms with van der Waals surface area (Å²) in [4.78, 5) is 12.8. The standard InChI is InChI=1S/C21H28N2O4S/c1-6-27-20-13-11-19(12-14-20)23(28(5,25)26)17(4)21(24)22-16(3)18-9-7-15(2)8-10-18/h7-14,16-17H,6H2,1-5H3,(H,22,24)/t16-,17-/m1/s1. The summed E-state index contributed by atoms with van der Waals surface area (Å²) in [5.41, 5.74) is 2.50. The summed E-state index contributed by atoms with van der Waals surface area (Å²) < 4.78 is 31.3. The zero-order chi connectivity index (χ0) is 20.9. The smallest absolute Gasteiger partial charge is 0.244 e. The van der Waals surface area contributed by atoms with Gasteiger partial charge >= 0.3 is 0 Å². The van der Waals surface area contributed by atoms with E-state index in [1.807, 2.05) is 45.0 Å². The summed E-state index contributed by atoms with van der Waals surface area (Å²) in [6.07, 6.45) is 1.09. The number of benzene rings is 2. The van der Waals surface area contributed by atoms with Crippen molar-refractivity contribution in [3.63, 3.8) is 0 Å². The van der Waals surface area contributed by atoms with Crippen LogP contribution >= 0.6 is 0 Å². The van der Waals surface area contributed by atoms with Crippen molar-refractivity contribution in [2.75, 3.05) is 17.2 Å². The molecule has 2 aromatic rings. The molecule has 2 rings (SSSR count). The minimum Gasteiger partial charge on any atom is -0.494 e. The third-order valence-electron chi connectivity index (χ3n) is 4.43. The molecule has 0 aliphatic rings. The van der Waals surface area contributed by atoms with Crippen LogP contribution in [0.3, 0.4) is 0 Å². The van der Waals surface area contributed by atoms with E-state index in [4.69, 9.17) is 4.74 Å². The Morgan fingerprint density at radius 3 is 2.14 bits per heavy atom. The number of hydrogen-bond donors (Lipinski definition) is 1. The number of sulfonamides is 1. The average Bonchev–Trinajstić information content (AvgIpc) is 2.62. The fourth-order valence-corrected chi connectivity index (χ4v) is 4.11. The number of hydrogen-bond acceptors (Lipinski definition) is 4. The van der Waals surface area contributed by atoms with Gasteiger partial charge in [-0.1, -0.05) is 29.8 Å². The quantitative estimate of drug-likeness (QED) is 0.731. The number of ether oxygens (including phenoxy) is 1. The molecule has 7 heteroatoms. The van der Waals surface area contributed by atoms with Crippen LogP contribution in [0.15, 0.2) is 48.5 Å². The van der Waals surface area contributed by atoms with Crippen LogP contribution in [0.25, 0.3) is 0 Å². The van der Waals surface area contributed by atoms with E-state index in [0.29, 0.717) is 18.0 Å². The SMILES string of the molecule is CCOc1ccc(N([C@H](C)C(=O)N[C@H](C)c2ccc(C)cc2)S(C)(=O)=O)cc1. The zero-order valence-electron chi connectivity index (χ0n) is 17.0. The van der Waals surface area contributed by atoms with Gasteiger partial charge < -0.3 is 10.1 Å². The molecule has 1 N–H and O–H groups in total. The van der Waals surface area contributed by atoms with Crippen LogP contribution in [0.2, 0.25) is 0 Å². The second-order valence-corrected chi connectivity index (χ2v) is 8.66. The van der Waals surface area contributed by atoms with Gasteiger partial charge in [0.15, 0.2) is 0 Å². The van der Waals surface area contributed by atoms with E-state index >= 15 is 0 Å². The number of aryl methyl sites for hydroxylation is 1. The summed E-state index contributed by atoms with van der Waals surface area (Å²) in [6, 6.07) is 13.4. The molecule has 2 aromatic carbocycles. The highest BCUT2D eigenvalue weighted by molar-refractivity contribution is 7.92. The fraction of sp³-hybridized carbons (Fsp3) is 0.381. The van der Waals surface area contributed by atoms with E-state index in [-0.39, 0.29) is 11.9 Å². The minimum atomic E-state index is -3.66. The van der Waals surface area contributed by atoms with Gasteiger partial charge in [-0.25, -0.2) is 8.42 Å². The lowest BCUT2D eigenvalue weighted by Gasteiger charge is -2.29. The van der Waals surface area contributed by atoms with Crippen LogP contribution in [-0.2, 0) is 14.8 Å². The second-order valence-electron chi connectivity index (χ2n) is 6.80. The normalized spacial score (nSPS) is 13.5. The van der Waals surface area contributed by atoms with Gasteiger partial charge in [-0.2, -0.15) is 0 Å². The lowest BCUT2D eigenvalue weighted by Crippen LogP contribution is -2.48. The first kappa shape index (κ1) is 21.8. The molecule has 0 fully saturated rings. The third kappa shape index (κ3) is 5.48. The maximum Gasteiger partial charge on any atom is 0.244 e. The molecule has 0 spiro atoms. The number of amides is 1. The fourth-order valence-electron chi connectivity index (χ4n) is 2.94. The molecule has 0 unspecified atom stereocenters. The Morgan fingerprint density at radius 1 is 1.07 bits per heavy atom. The zero-order valence-corrected chi connectivity index (χ0v) is 17.8. The van der Waals surface area contributed by atoms with Crippen molar-refractivity contribution >= 4 is 21.6 Å². The summed E-state index contributed by atoms with van der Waals surface area (Å²) in [5, 5.41) is 2.90. The maximum atomic E-state index is 12.8. The Bertz CT molecular complexity index is 893. The monoisotopic (exact) mass is 404 g/mol. The first-order chi connectivity index (χ1) is 13.1. The van der Waals surface area contributed by atoms with Crippen molar-refractivity contribution in [1.82, 2.24) is 5.32 Å². The van der Waals surface area contributed by atoms with Crippen molar-refractivity contribution in [2.45, 2.75) is 39.8 Å². The minimum absolute atomic E-state index is 0.239. The number of rotatable bonds is 8. The van der Waals surface area contributed by atoms with Gasteiger partial charge in [0.05, 0.1) is 24.6 Å². The molecule has 1 amide bonds. The van der Waals surface area contributed by atoms with Crippen molar-refractivity contribution in [3.8, 4) is 5.75 Å². The molecule has 0 saturated carbocycles. The average molecular weight is 405 g/mol. The van der Waals surface area contributed by atoms with Gasteiger partial charge in [-0.05, 0) is 57.5 Å². The Balaban J connectivity index is 2.21. The Kier molecular flexibility index (Phi) is 7.07. The highest BCUT2D eigenvalue weighted by atomic mass is 32.2. The van der Waals surface area contributed by atoms with Crippen molar-refractivity contribution in [1.29, 1.82) is 0 Å². The molecule has 2 atom stereocenters. The van der Waals surface area contributed by atoms with E-state index < -0.39 is 16.1 Å². The van der Waals surface area contributed by atoms with Gasteiger partial charge in [0.25, 0.3) is 0 Å². The first-order valence-corrected chi connectivity index (χ1v) is 11.1. The van der Waals surface area contributed by atoms with Gasteiger partial charge in [0.2, 0.25) is 15.9 Å². The summed E-state index contributed by atoms with van der Waals surface area (Å²) >= 11 is 0. The maximum absolute atomic E-state index is 12.8. The first-order valence-electron chi connectivity index (χ1n) is 9.22. The molecule has 0 bridgehead atoms. The van der Waals surface area contributed by atoms with Crippen molar-refractivity contribution < 1.29 is 17.9 Å². The number of carbonyl (C=O) groups is 1. The topological polar surface area (TPSA) is 75.7 Å². The third-order valence-corrected chi connectivity index (χ3v) is 5.67. The van der Waals surface area contributed by atoms with Crippen LogP contribution in [0.1, 0.15) is 37.9 Å². The Labute approximate surface area is 167 Å². The Hall–Kier alpha value is -2.54. The molecule has 0 radical (unpaired) electrons. The molecule has 0 aliphatic heterocycles. The predicted molar refractivity (Wildman–Crippen MR) is 112 cm³/mol. The van der Waals surface area contributed by atoms with Crippen LogP contribution in [0.4, 0.5) is 5.69 Å². The van der Waals surface area contributed by atoms with Gasteiger partial charge in [-0.3, -0.25) is 9.10 Å². The number of nitrogens with one attached hydrogen (secondary N) is 1. The van der Waals surface area contributed by atoms with Gasteiger partial charge in [0, 0.05) is 0 Å². The number of anilines is 1. The molecule has 6 nitrogen and oxygen atoms in total. The van der Waals surface area contributed by atoms with Crippen LogP contribution in [0, 0.1) is 6.92 Å². The molecule has 0 aromatic heterocycles. The molecule has 0 aliphatic carbocycles. The lowest BCUT2D eigenvalue weighted by atomic mass is 10.1. The van der Waals surface area contributed by atoms with E-state index in [1.165, 1.54) is 0 Å². The molecular weight excluding hydrogens is 376 g/mol. The summed E-state index contributed by atoms with van der Waals surface area (Å²) in [5.74, 6) is 0.275. The Morgan fingerprint density at radius 2 is 1.64 bits per heavy atom. The highest BCUT2D eigenvalue weighted by Crippen LogP contribution is 2.24. The van der Waals surface area contributed by atoms with Crippen molar-refractivity contribution in [3.05, 3.63) is 59.7 Å². The van der Waals surface area contributed by atoms with Gasteiger partial charge in [0.1, 0.15) is 11.8 Å². The largest absolute Gasteiger partial charge is 0.494 e. The highest BCUT2D eigenvalue weighted by Gasteiger charge is 2.29. The molecular formula is C21H28N2O4S. The molecule has 152 valence electrons. The van der Waals surface area contributed by atoms with Crippen LogP contribution in [-0.4, -0.2) is 33.2 Å². The molecule has 28 heavy (non-hydrogen) atoms.